The third kappa shape index (κ3) is 2.60. The number of nitrogens with zero attached hydrogens (tertiary/aromatic N) is 3. The Balaban J connectivity index is 2.30. The van der Waals surface area contributed by atoms with Crippen LogP contribution >= 0.6 is 0 Å². The Hall–Kier alpha value is -1.90. The van der Waals surface area contributed by atoms with E-state index in [0.717, 1.165) is 6.54 Å². The van der Waals surface area contributed by atoms with E-state index in [1.807, 2.05) is 24.1 Å². The molecule has 1 fully saturated rings. The van der Waals surface area contributed by atoms with Gasteiger partial charge in [-0.2, -0.15) is 5.26 Å². The number of likely N-dealkylation sites (N-methyl/N-ethyl adjacent to an activating group) is 1. The number of nitriles is 1. The van der Waals surface area contributed by atoms with Gasteiger partial charge < -0.3 is 10.6 Å². The maximum Gasteiger partial charge on any atom is 0.244 e. The van der Waals surface area contributed by atoms with Crippen LogP contribution in [0.2, 0.25) is 0 Å². The molecule has 1 heterocycles. The number of para-hydroxylation sites is 1. The second-order valence-electron chi connectivity index (χ2n) is 4.69. The Morgan fingerprint density at radius 1 is 1.42 bits per heavy atom. The van der Waals surface area contributed by atoms with Crippen LogP contribution in [0.25, 0.3) is 0 Å². The first-order valence-electron chi connectivity index (χ1n) is 6.40. The molecule has 0 aromatic heterocycles. The van der Waals surface area contributed by atoms with E-state index in [-0.39, 0.29) is 11.9 Å². The zero-order valence-corrected chi connectivity index (χ0v) is 11.0. The van der Waals surface area contributed by atoms with E-state index in [1.54, 1.807) is 17.0 Å². The molecule has 0 aliphatic carbocycles. The zero-order valence-electron chi connectivity index (χ0n) is 11.0. The molecule has 0 saturated carbocycles. The van der Waals surface area contributed by atoms with Crippen molar-refractivity contribution in [3.63, 3.8) is 0 Å². The van der Waals surface area contributed by atoms with Crippen molar-refractivity contribution in [2.45, 2.75) is 12.5 Å². The number of anilines is 1. The molecule has 1 saturated heterocycles. The molecule has 1 aromatic rings. The lowest BCUT2D eigenvalue weighted by atomic mass is 10.1. The fourth-order valence-electron chi connectivity index (χ4n) is 2.44. The number of hydrogen-bond donors (Lipinski definition) is 1. The van der Waals surface area contributed by atoms with Gasteiger partial charge in [-0.1, -0.05) is 12.1 Å². The van der Waals surface area contributed by atoms with Gasteiger partial charge in [-0.3, -0.25) is 9.69 Å². The highest BCUT2D eigenvalue weighted by Crippen LogP contribution is 2.24. The van der Waals surface area contributed by atoms with Crippen LogP contribution in [0.3, 0.4) is 0 Å². The predicted molar refractivity (Wildman–Crippen MR) is 73.6 cm³/mol. The number of hydrogen-bond acceptors (Lipinski definition) is 4. The second kappa shape index (κ2) is 5.83. The van der Waals surface area contributed by atoms with E-state index >= 15 is 0 Å². The topological polar surface area (TPSA) is 73.4 Å². The third-order valence-electron chi connectivity index (χ3n) is 3.51. The fraction of sp³-hybridized carbons (Fsp3) is 0.429. The third-order valence-corrected chi connectivity index (χ3v) is 3.51. The zero-order chi connectivity index (χ0) is 13.8. The lowest BCUT2D eigenvalue weighted by molar-refractivity contribution is -0.125. The van der Waals surface area contributed by atoms with Gasteiger partial charge in [-0.05, 0) is 32.1 Å². The van der Waals surface area contributed by atoms with Crippen LogP contribution in [-0.2, 0) is 4.79 Å². The van der Waals surface area contributed by atoms with Crippen molar-refractivity contribution in [3.05, 3.63) is 29.8 Å². The van der Waals surface area contributed by atoms with Gasteiger partial charge in [0.25, 0.3) is 0 Å². The van der Waals surface area contributed by atoms with Gasteiger partial charge in [0.2, 0.25) is 5.91 Å². The molecule has 5 heteroatoms. The summed E-state index contributed by atoms with van der Waals surface area (Å²) >= 11 is 0. The summed E-state index contributed by atoms with van der Waals surface area (Å²) in [6.07, 6.45) is 0.639. The average Bonchev–Trinajstić information content (AvgIpc) is 2.43. The molecule has 1 atom stereocenters. The molecule has 100 valence electrons. The number of nitrogens with two attached hydrogens (primary N) is 1. The van der Waals surface area contributed by atoms with E-state index in [0.29, 0.717) is 30.8 Å². The standard InChI is InChI=1S/C14H18N4O/c1-17-8-9-18(14(19)13(17)6-7-15)12-5-3-2-4-11(12)10-16/h2-5,13H,6-9,15H2,1H3. The molecule has 2 rings (SSSR count). The number of carbonyl (C=O) groups is 1. The van der Waals surface area contributed by atoms with E-state index in [9.17, 15) is 4.79 Å². The molecule has 1 aliphatic rings. The summed E-state index contributed by atoms with van der Waals surface area (Å²) in [6.45, 7) is 1.87. The number of rotatable bonds is 3. The van der Waals surface area contributed by atoms with Crippen LogP contribution in [0.15, 0.2) is 24.3 Å². The first-order valence-corrected chi connectivity index (χ1v) is 6.40. The molecule has 0 bridgehead atoms. The van der Waals surface area contributed by atoms with Crippen LogP contribution in [0.4, 0.5) is 5.69 Å². The van der Waals surface area contributed by atoms with Crippen LogP contribution in [0, 0.1) is 11.3 Å². The summed E-state index contributed by atoms with van der Waals surface area (Å²) in [6, 6.07) is 9.16. The fourth-order valence-corrected chi connectivity index (χ4v) is 2.44. The Morgan fingerprint density at radius 3 is 2.84 bits per heavy atom. The lowest BCUT2D eigenvalue weighted by Gasteiger charge is -2.38. The van der Waals surface area contributed by atoms with Gasteiger partial charge in [0.05, 0.1) is 17.3 Å². The monoisotopic (exact) mass is 258 g/mol. The van der Waals surface area contributed by atoms with Crippen LogP contribution in [0.1, 0.15) is 12.0 Å². The van der Waals surface area contributed by atoms with E-state index in [4.69, 9.17) is 11.0 Å². The molecule has 5 nitrogen and oxygen atoms in total. The Bertz CT molecular complexity index is 508. The number of carbonyl (C=O) groups excluding carboxylic acids is 1. The smallest absolute Gasteiger partial charge is 0.244 e. The molecule has 2 N–H and O–H groups in total. The maximum atomic E-state index is 12.5. The molecular weight excluding hydrogens is 240 g/mol. The van der Waals surface area contributed by atoms with Gasteiger partial charge in [0, 0.05) is 13.1 Å². The Morgan fingerprint density at radius 2 is 2.16 bits per heavy atom. The summed E-state index contributed by atoms with van der Waals surface area (Å²) in [4.78, 5) is 16.2. The van der Waals surface area contributed by atoms with Gasteiger partial charge >= 0.3 is 0 Å². The van der Waals surface area contributed by atoms with Crippen molar-refractivity contribution >= 4 is 11.6 Å². The van der Waals surface area contributed by atoms with Crippen molar-refractivity contribution in [1.29, 1.82) is 5.26 Å². The molecule has 19 heavy (non-hydrogen) atoms. The van der Waals surface area contributed by atoms with Crippen molar-refractivity contribution < 1.29 is 4.79 Å². The van der Waals surface area contributed by atoms with Crippen molar-refractivity contribution in [1.82, 2.24) is 4.90 Å². The quantitative estimate of drug-likeness (QED) is 0.859. The van der Waals surface area contributed by atoms with Gasteiger partial charge in [0.1, 0.15) is 6.07 Å². The van der Waals surface area contributed by atoms with E-state index in [1.165, 1.54) is 0 Å². The van der Waals surface area contributed by atoms with Gasteiger partial charge in [-0.15, -0.1) is 0 Å². The summed E-state index contributed by atoms with van der Waals surface area (Å²) in [7, 11) is 1.94. The lowest BCUT2D eigenvalue weighted by Crippen LogP contribution is -2.56. The molecule has 1 unspecified atom stereocenters. The first-order chi connectivity index (χ1) is 9.19. The second-order valence-corrected chi connectivity index (χ2v) is 4.69. The summed E-state index contributed by atoms with van der Waals surface area (Å²) in [5.74, 6) is 0.0295. The summed E-state index contributed by atoms with van der Waals surface area (Å²) < 4.78 is 0. The van der Waals surface area contributed by atoms with Crippen molar-refractivity contribution in [2.24, 2.45) is 5.73 Å². The van der Waals surface area contributed by atoms with Crippen LogP contribution in [0.5, 0.6) is 0 Å². The van der Waals surface area contributed by atoms with Gasteiger partial charge in [-0.25, -0.2) is 0 Å². The highest BCUT2D eigenvalue weighted by atomic mass is 16.2. The molecule has 1 amide bonds. The number of piperazine rings is 1. The largest absolute Gasteiger partial charge is 0.330 e. The van der Waals surface area contributed by atoms with Crippen molar-refractivity contribution in [2.75, 3.05) is 31.6 Å². The maximum absolute atomic E-state index is 12.5. The highest BCUT2D eigenvalue weighted by molar-refractivity contribution is 5.99. The highest BCUT2D eigenvalue weighted by Gasteiger charge is 2.33. The van der Waals surface area contributed by atoms with Crippen molar-refractivity contribution in [3.8, 4) is 6.07 Å². The normalized spacial score (nSPS) is 20.4. The molecule has 1 aromatic carbocycles. The number of amides is 1. The molecule has 0 radical (unpaired) electrons. The molecule has 1 aliphatic heterocycles. The predicted octanol–water partition coefficient (Wildman–Crippen LogP) is 0.554. The minimum Gasteiger partial charge on any atom is -0.330 e. The minimum atomic E-state index is -0.189. The molecular formula is C14H18N4O. The number of benzene rings is 1. The Labute approximate surface area is 113 Å². The summed E-state index contributed by atoms with van der Waals surface area (Å²) in [5.41, 5.74) is 6.81. The summed E-state index contributed by atoms with van der Waals surface area (Å²) in [5, 5.41) is 9.14. The van der Waals surface area contributed by atoms with Gasteiger partial charge in [0.15, 0.2) is 0 Å². The Kier molecular flexibility index (Phi) is 4.15. The SMILES string of the molecule is CN1CCN(c2ccccc2C#N)C(=O)C1CCN. The first kappa shape index (κ1) is 13.5. The van der Waals surface area contributed by atoms with E-state index in [2.05, 4.69) is 6.07 Å². The molecule has 0 spiro atoms. The van der Waals surface area contributed by atoms with E-state index < -0.39 is 0 Å². The minimum absolute atomic E-state index is 0.0295. The van der Waals surface area contributed by atoms with Crippen LogP contribution in [-0.4, -0.2) is 43.5 Å². The van der Waals surface area contributed by atoms with Crippen LogP contribution < -0.4 is 10.6 Å². The average molecular weight is 258 g/mol.